The summed E-state index contributed by atoms with van der Waals surface area (Å²) in [5.41, 5.74) is 0. The van der Waals surface area contributed by atoms with Crippen LogP contribution in [0.25, 0.3) is 0 Å². The Morgan fingerprint density at radius 3 is 1.17 bits per heavy atom. The van der Waals surface area contributed by atoms with E-state index in [0.29, 0.717) is 19.4 Å². The van der Waals surface area contributed by atoms with Crippen LogP contribution in [0.3, 0.4) is 0 Å². The van der Waals surface area contributed by atoms with Gasteiger partial charge in [-0.2, -0.15) is 0 Å². The first-order valence-corrected chi connectivity index (χ1v) is 28.8. The van der Waals surface area contributed by atoms with Gasteiger partial charge >= 0.3 is 5.97 Å². The van der Waals surface area contributed by atoms with Gasteiger partial charge in [-0.25, -0.2) is 0 Å². The van der Waals surface area contributed by atoms with E-state index in [4.69, 9.17) is 4.74 Å². The summed E-state index contributed by atoms with van der Waals surface area (Å²) < 4.78 is 5.45. The fourth-order valence-electron chi connectivity index (χ4n) is 8.72. The summed E-state index contributed by atoms with van der Waals surface area (Å²) in [6, 6.07) is -0.640. The molecule has 382 valence electrons. The van der Waals surface area contributed by atoms with Crippen molar-refractivity contribution in [3.63, 3.8) is 0 Å². The number of unbranched alkanes of at least 4 members (excludes halogenated alkanes) is 38. The van der Waals surface area contributed by atoms with Crippen LogP contribution < -0.4 is 5.32 Å². The van der Waals surface area contributed by atoms with E-state index in [-0.39, 0.29) is 18.5 Å². The molecular weight excluding hydrogens is 803 g/mol. The highest BCUT2D eigenvalue weighted by atomic mass is 16.5. The number of allylic oxidation sites excluding steroid dienone is 5. The molecule has 6 heteroatoms. The first-order chi connectivity index (χ1) is 32.0. The number of aliphatic hydroxyl groups is 2. The molecule has 0 aromatic carbocycles. The Balaban J connectivity index is 3.53. The van der Waals surface area contributed by atoms with Gasteiger partial charge in [-0.1, -0.05) is 256 Å². The molecule has 65 heavy (non-hydrogen) atoms. The lowest BCUT2D eigenvalue weighted by Crippen LogP contribution is -2.45. The van der Waals surface area contributed by atoms with Crippen LogP contribution in [-0.4, -0.2) is 47.4 Å². The van der Waals surface area contributed by atoms with Crippen molar-refractivity contribution < 1.29 is 24.5 Å². The van der Waals surface area contributed by atoms with Crippen molar-refractivity contribution in [2.24, 2.45) is 0 Å². The van der Waals surface area contributed by atoms with E-state index >= 15 is 0 Å². The van der Waals surface area contributed by atoms with Gasteiger partial charge in [-0.3, -0.25) is 9.59 Å². The number of aliphatic hydroxyl groups excluding tert-OH is 2. The zero-order valence-electron chi connectivity index (χ0n) is 43.5. The van der Waals surface area contributed by atoms with Crippen LogP contribution in [0.15, 0.2) is 36.5 Å². The van der Waals surface area contributed by atoms with Gasteiger partial charge in [-0.15, -0.1) is 0 Å². The highest BCUT2D eigenvalue weighted by molar-refractivity contribution is 5.76. The van der Waals surface area contributed by atoms with Crippen LogP contribution in [0.4, 0.5) is 0 Å². The molecule has 6 nitrogen and oxygen atoms in total. The number of hydrogen-bond acceptors (Lipinski definition) is 5. The van der Waals surface area contributed by atoms with E-state index in [0.717, 1.165) is 83.5 Å². The molecule has 2 atom stereocenters. The van der Waals surface area contributed by atoms with Gasteiger partial charge in [-0.05, 0) is 70.6 Å². The lowest BCUT2D eigenvalue weighted by molar-refractivity contribution is -0.143. The maximum Gasteiger partial charge on any atom is 0.305 e. The Morgan fingerprint density at radius 1 is 0.431 bits per heavy atom. The van der Waals surface area contributed by atoms with Gasteiger partial charge in [0.25, 0.3) is 0 Å². The standard InChI is InChI=1S/C59H111NO5/c1-3-5-7-9-11-13-15-17-18-19-21-24-28-31-35-39-43-47-51-57(62)56(55-61)60-58(63)52-48-44-40-36-32-29-25-22-20-23-26-30-34-38-42-46-50-54-65-59(64)53-49-45-41-37-33-27-16-14-12-10-8-6-4-2/h20,23,30,34,47,51,56-57,61-62H,3-19,21-22,24-29,31-33,35-46,48-50,52-55H2,1-2H3,(H,60,63)/b23-20-,34-30-,51-47+. The number of carbonyl (C=O) groups excluding carboxylic acids is 2. The first-order valence-electron chi connectivity index (χ1n) is 28.8. The van der Waals surface area contributed by atoms with Gasteiger partial charge in [0.15, 0.2) is 0 Å². The summed E-state index contributed by atoms with van der Waals surface area (Å²) in [6.07, 6.45) is 67.3. The summed E-state index contributed by atoms with van der Waals surface area (Å²) in [6.45, 7) is 4.87. The number of hydrogen-bond donors (Lipinski definition) is 3. The van der Waals surface area contributed by atoms with Crippen molar-refractivity contribution in [1.82, 2.24) is 5.32 Å². The summed E-state index contributed by atoms with van der Waals surface area (Å²) in [4.78, 5) is 24.5. The van der Waals surface area contributed by atoms with Crippen molar-refractivity contribution in [1.29, 1.82) is 0 Å². The molecule has 0 aromatic heterocycles. The van der Waals surface area contributed by atoms with Crippen LogP contribution in [0.2, 0.25) is 0 Å². The fraction of sp³-hybridized carbons (Fsp3) is 0.864. The molecule has 0 heterocycles. The van der Waals surface area contributed by atoms with Gasteiger partial charge in [0.05, 0.1) is 25.4 Å². The molecule has 0 rings (SSSR count). The third-order valence-corrected chi connectivity index (χ3v) is 13.2. The second-order valence-corrected chi connectivity index (χ2v) is 19.6. The molecule has 0 radical (unpaired) electrons. The molecule has 0 fully saturated rings. The molecule has 0 aliphatic heterocycles. The highest BCUT2D eigenvalue weighted by Crippen LogP contribution is 2.16. The Bertz CT molecular complexity index is 1060. The average Bonchev–Trinajstić information content (AvgIpc) is 3.31. The van der Waals surface area contributed by atoms with E-state index < -0.39 is 12.1 Å². The summed E-state index contributed by atoms with van der Waals surface area (Å²) in [5.74, 6) is -0.0977. The van der Waals surface area contributed by atoms with E-state index in [1.54, 1.807) is 6.08 Å². The molecule has 0 aromatic rings. The van der Waals surface area contributed by atoms with Crippen LogP contribution in [0, 0.1) is 0 Å². The predicted molar refractivity (Wildman–Crippen MR) is 283 cm³/mol. The van der Waals surface area contributed by atoms with Crippen LogP contribution in [0.1, 0.15) is 303 Å². The minimum Gasteiger partial charge on any atom is -0.466 e. The molecule has 3 N–H and O–H groups in total. The fourth-order valence-corrected chi connectivity index (χ4v) is 8.72. The van der Waals surface area contributed by atoms with E-state index in [2.05, 4.69) is 43.5 Å². The molecule has 0 spiro atoms. The highest BCUT2D eigenvalue weighted by Gasteiger charge is 2.18. The second kappa shape index (κ2) is 54.7. The van der Waals surface area contributed by atoms with Crippen LogP contribution in [-0.2, 0) is 14.3 Å². The first kappa shape index (κ1) is 63.1. The summed E-state index contributed by atoms with van der Waals surface area (Å²) in [7, 11) is 0. The molecule has 0 bridgehead atoms. The van der Waals surface area contributed by atoms with Crippen LogP contribution >= 0.6 is 0 Å². The molecule has 0 aliphatic carbocycles. The zero-order chi connectivity index (χ0) is 47.2. The monoisotopic (exact) mass is 914 g/mol. The summed E-state index contributed by atoms with van der Waals surface area (Å²) >= 11 is 0. The number of ether oxygens (including phenoxy) is 1. The van der Waals surface area contributed by atoms with Crippen molar-refractivity contribution in [2.75, 3.05) is 13.2 Å². The Morgan fingerprint density at radius 2 is 0.769 bits per heavy atom. The minimum absolute atomic E-state index is 0.0150. The molecule has 0 saturated carbocycles. The average molecular weight is 915 g/mol. The summed E-state index contributed by atoms with van der Waals surface area (Å²) in [5, 5.41) is 23.1. The van der Waals surface area contributed by atoms with Crippen LogP contribution in [0.5, 0.6) is 0 Å². The normalized spacial score (nSPS) is 12.9. The Kier molecular flexibility index (Phi) is 53.1. The molecule has 2 unspecified atom stereocenters. The van der Waals surface area contributed by atoms with E-state index in [1.807, 2.05) is 6.08 Å². The topological polar surface area (TPSA) is 95.9 Å². The van der Waals surface area contributed by atoms with Gasteiger partial charge in [0.2, 0.25) is 5.91 Å². The quantitative estimate of drug-likeness (QED) is 0.0321. The molecule has 0 saturated heterocycles. The SMILES string of the molecule is CCCCCCCCCCCCCCCCCC/C=C/C(O)C(CO)NC(=O)CCCCCCCCC/C=C\C/C=C\CCCCCOC(=O)CCCCCCCCCCCCCCC. The lowest BCUT2D eigenvalue weighted by atomic mass is 10.0. The maximum atomic E-state index is 12.5. The predicted octanol–water partition coefficient (Wildman–Crippen LogP) is 17.6. The third-order valence-electron chi connectivity index (χ3n) is 13.2. The zero-order valence-corrected chi connectivity index (χ0v) is 43.5. The van der Waals surface area contributed by atoms with Gasteiger partial charge in [0.1, 0.15) is 0 Å². The molecule has 0 aliphatic rings. The van der Waals surface area contributed by atoms with Crippen molar-refractivity contribution >= 4 is 11.9 Å². The minimum atomic E-state index is -0.855. The number of amides is 1. The molecular formula is C59H111NO5. The van der Waals surface area contributed by atoms with E-state index in [1.165, 1.54) is 193 Å². The number of carbonyl (C=O) groups is 2. The smallest absolute Gasteiger partial charge is 0.305 e. The Labute approximate surface area is 404 Å². The lowest BCUT2D eigenvalue weighted by Gasteiger charge is -2.20. The van der Waals surface area contributed by atoms with Crippen molar-refractivity contribution in [2.45, 2.75) is 315 Å². The number of nitrogens with one attached hydrogen (secondary N) is 1. The van der Waals surface area contributed by atoms with Crippen molar-refractivity contribution in [3.8, 4) is 0 Å². The van der Waals surface area contributed by atoms with Crippen molar-refractivity contribution in [3.05, 3.63) is 36.5 Å². The third kappa shape index (κ3) is 51.3. The largest absolute Gasteiger partial charge is 0.466 e. The molecule has 1 amide bonds. The van der Waals surface area contributed by atoms with Gasteiger partial charge in [0, 0.05) is 12.8 Å². The number of rotatable bonds is 53. The second-order valence-electron chi connectivity index (χ2n) is 19.6. The number of esters is 1. The maximum absolute atomic E-state index is 12.5. The van der Waals surface area contributed by atoms with E-state index in [9.17, 15) is 19.8 Å². The Hall–Kier alpha value is -1.92. The van der Waals surface area contributed by atoms with Gasteiger partial charge < -0.3 is 20.3 Å².